The highest BCUT2D eigenvalue weighted by atomic mass is 16.5. The van der Waals surface area contributed by atoms with Crippen molar-refractivity contribution >= 4 is 17.4 Å². The van der Waals surface area contributed by atoms with Gasteiger partial charge in [0.1, 0.15) is 5.75 Å². The monoisotopic (exact) mass is 428 g/mol. The van der Waals surface area contributed by atoms with Gasteiger partial charge in [0.25, 0.3) is 5.91 Å². The Morgan fingerprint density at radius 2 is 1.44 bits per heavy atom. The Bertz CT molecular complexity index is 1130. The second-order valence-corrected chi connectivity index (χ2v) is 8.17. The number of piperazine rings is 1. The molecule has 1 aliphatic heterocycles. The molecular formula is C27H28N2O3. The highest BCUT2D eigenvalue weighted by molar-refractivity contribution is 6.16. The SMILES string of the molecule is COc1ccc(N2CCN(C(=O)c3ccccc3C(=O)c3cc(C)ccc3C)CC2)cc1. The predicted octanol–water partition coefficient (Wildman–Crippen LogP) is 4.51. The van der Waals surface area contributed by atoms with E-state index in [1.165, 1.54) is 0 Å². The van der Waals surface area contributed by atoms with Crippen LogP contribution in [0, 0.1) is 13.8 Å². The summed E-state index contributed by atoms with van der Waals surface area (Å²) in [5, 5.41) is 0. The molecule has 0 bridgehead atoms. The van der Waals surface area contributed by atoms with Crippen LogP contribution in [0.3, 0.4) is 0 Å². The molecule has 1 saturated heterocycles. The molecular weight excluding hydrogens is 400 g/mol. The number of hydrogen-bond acceptors (Lipinski definition) is 4. The molecule has 0 aliphatic carbocycles. The Hall–Kier alpha value is -3.60. The van der Waals surface area contributed by atoms with E-state index in [0.29, 0.717) is 29.8 Å². The molecule has 0 unspecified atom stereocenters. The van der Waals surface area contributed by atoms with Gasteiger partial charge in [-0.3, -0.25) is 9.59 Å². The smallest absolute Gasteiger partial charge is 0.254 e. The van der Waals surface area contributed by atoms with Crippen molar-refractivity contribution in [3.8, 4) is 5.75 Å². The molecule has 1 amide bonds. The standard InChI is InChI=1S/C27H28N2O3/c1-19-8-9-20(2)25(18-19)26(30)23-6-4-5-7-24(23)27(31)29-16-14-28(15-17-29)21-10-12-22(32-3)13-11-21/h4-13,18H,14-17H2,1-3H3. The molecule has 1 fully saturated rings. The van der Waals surface area contributed by atoms with Gasteiger partial charge < -0.3 is 14.5 Å². The van der Waals surface area contributed by atoms with Crippen LogP contribution in [0.2, 0.25) is 0 Å². The van der Waals surface area contributed by atoms with Gasteiger partial charge in [-0.05, 0) is 55.8 Å². The maximum Gasteiger partial charge on any atom is 0.254 e. The number of ketones is 1. The maximum absolute atomic E-state index is 13.4. The molecule has 4 rings (SSSR count). The quantitative estimate of drug-likeness (QED) is 0.561. The van der Waals surface area contributed by atoms with E-state index in [1.807, 2.05) is 73.3 Å². The average molecular weight is 429 g/mol. The average Bonchev–Trinajstić information content (AvgIpc) is 2.85. The molecule has 3 aromatic rings. The van der Waals surface area contributed by atoms with E-state index in [4.69, 9.17) is 4.74 Å². The minimum absolute atomic E-state index is 0.0892. The summed E-state index contributed by atoms with van der Waals surface area (Å²) in [5.74, 6) is 0.633. The normalized spacial score (nSPS) is 13.7. The molecule has 5 nitrogen and oxygen atoms in total. The van der Waals surface area contributed by atoms with Crippen molar-refractivity contribution in [3.63, 3.8) is 0 Å². The molecule has 164 valence electrons. The lowest BCUT2D eigenvalue weighted by Gasteiger charge is -2.36. The molecule has 0 saturated carbocycles. The van der Waals surface area contributed by atoms with Crippen LogP contribution in [0.1, 0.15) is 37.4 Å². The van der Waals surface area contributed by atoms with Crippen molar-refractivity contribution in [2.24, 2.45) is 0 Å². The first kappa shape index (κ1) is 21.6. The van der Waals surface area contributed by atoms with Crippen molar-refractivity contribution in [1.82, 2.24) is 4.90 Å². The third kappa shape index (κ3) is 4.37. The fraction of sp³-hybridized carbons (Fsp3) is 0.259. The zero-order valence-corrected chi connectivity index (χ0v) is 18.8. The van der Waals surface area contributed by atoms with Gasteiger partial charge in [-0.15, -0.1) is 0 Å². The number of aryl methyl sites for hydroxylation is 2. The second-order valence-electron chi connectivity index (χ2n) is 8.17. The number of amides is 1. The molecule has 1 heterocycles. The van der Waals surface area contributed by atoms with Crippen molar-refractivity contribution in [2.75, 3.05) is 38.2 Å². The summed E-state index contributed by atoms with van der Waals surface area (Å²) in [6.07, 6.45) is 0. The van der Waals surface area contributed by atoms with Crippen LogP contribution in [0.4, 0.5) is 5.69 Å². The van der Waals surface area contributed by atoms with Crippen molar-refractivity contribution in [1.29, 1.82) is 0 Å². The molecule has 0 atom stereocenters. The Labute approximate surface area is 189 Å². The zero-order chi connectivity index (χ0) is 22.7. The summed E-state index contributed by atoms with van der Waals surface area (Å²) in [7, 11) is 1.66. The molecule has 3 aromatic carbocycles. The summed E-state index contributed by atoms with van der Waals surface area (Å²) in [6, 6.07) is 21.0. The van der Waals surface area contributed by atoms with Gasteiger partial charge in [-0.2, -0.15) is 0 Å². The fourth-order valence-corrected chi connectivity index (χ4v) is 4.12. The number of carbonyl (C=O) groups excluding carboxylic acids is 2. The zero-order valence-electron chi connectivity index (χ0n) is 18.8. The lowest BCUT2D eigenvalue weighted by Crippen LogP contribution is -2.49. The molecule has 0 aromatic heterocycles. The summed E-state index contributed by atoms with van der Waals surface area (Å²) in [5.41, 5.74) is 4.63. The highest BCUT2D eigenvalue weighted by Crippen LogP contribution is 2.23. The molecule has 1 aliphatic rings. The van der Waals surface area contributed by atoms with Crippen molar-refractivity contribution < 1.29 is 14.3 Å². The van der Waals surface area contributed by atoms with Crippen LogP contribution >= 0.6 is 0 Å². The first-order valence-corrected chi connectivity index (χ1v) is 10.9. The topological polar surface area (TPSA) is 49.9 Å². The fourth-order valence-electron chi connectivity index (χ4n) is 4.12. The highest BCUT2D eigenvalue weighted by Gasteiger charge is 2.26. The Morgan fingerprint density at radius 1 is 0.781 bits per heavy atom. The molecule has 0 radical (unpaired) electrons. The van der Waals surface area contributed by atoms with E-state index >= 15 is 0 Å². The van der Waals surface area contributed by atoms with Crippen LogP contribution in [-0.4, -0.2) is 49.9 Å². The van der Waals surface area contributed by atoms with Crippen molar-refractivity contribution in [2.45, 2.75) is 13.8 Å². The van der Waals surface area contributed by atoms with Crippen LogP contribution in [0.25, 0.3) is 0 Å². The van der Waals surface area contributed by atoms with E-state index in [9.17, 15) is 9.59 Å². The molecule has 0 spiro atoms. The summed E-state index contributed by atoms with van der Waals surface area (Å²) >= 11 is 0. The van der Waals surface area contributed by atoms with Gasteiger partial charge in [0, 0.05) is 43.0 Å². The van der Waals surface area contributed by atoms with Gasteiger partial charge in [0.2, 0.25) is 0 Å². The molecule has 0 N–H and O–H groups in total. The Kier molecular flexibility index (Phi) is 6.26. The van der Waals surface area contributed by atoms with Crippen molar-refractivity contribution in [3.05, 3.63) is 94.5 Å². The summed E-state index contributed by atoms with van der Waals surface area (Å²) in [6.45, 7) is 6.59. The van der Waals surface area contributed by atoms with E-state index in [-0.39, 0.29) is 11.7 Å². The van der Waals surface area contributed by atoms with Gasteiger partial charge in [0.15, 0.2) is 5.78 Å². The van der Waals surface area contributed by atoms with E-state index < -0.39 is 0 Å². The van der Waals surface area contributed by atoms with Gasteiger partial charge in [0.05, 0.1) is 12.7 Å². The van der Waals surface area contributed by atoms with E-state index in [1.54, 1.807) is 19.2 Å². The van der Waals surface area contributed by atoms with Crippen LogP contribution in [0.15, 0.2) is 66.7 Å². The maximum atomic E-state index is 13.4. The summed E-state index contributed by atoms with van der Waals surface area (Å²) < 4.78 is 5.23. The van der Waals surface area contributed by atoms with E-state index in [2.05, 4.69) is 4.90 Å². The predicted molar refractivity (Wildman–Crippen MR) is 127 cm³/mol. The van der Waals surface area contributed by atoms with Gasteiger partial charge in [-0.25, -0.2) is 0 Å². The number of rotatable bonds is 5. The first-order valence-electron chi connectivity index (χ1n) is 10.9. The minimum atomic E-state index is -0.105. The number of nitrogens with zero attached hydrogens (tertiary/aromatic N) is 2. The number of carbonyl (C=O) groups is 2. The lowest BCUT2D eigenvalue weighted by molar-refractivity contribution is 0.0742. The third-order valence-corrected chi connectivity index (χ3v) is 6.04. The number of methoxy groups -OCH3 is 1. The van der Waals surface area contributed by atoms with Crippen LogP contribution in [-0.2, 0) is 0 Å². The Morgan fingerprint density at radius 3 is 2.09 bits per heavy atom. The van der Waals surface area contributed by atoms with Crippen LogP contribution < -0.4 is 9.64 Å². The molecule has 32 heavy (non-hydrogen) atoms. The Balaban J connectivity index is 1.51. The summed E-state index contributed by atoms with van der Waals surface area (Å²) in [4.78, 5) is 30.8. The first-order chi connectivity index (χ1) is 15.5. The van der Waals surface area contributed by atoms with Crippen LogP contribution in [0.5, 0.6) is 5.75 Å². The largest absolute Gasteiger partial charge is 0.497 e. The van der Waals surface area contributed by atoms with Gasteiger partial charge >= 0.3 is 0 Å². The lowest BCUT2D eigenvalue weighted by atomic mass is 9.94. The van der Waals surface area contributed by atoms with E-state index in [0.717, 1.165) is 35.7 Å². The number of anilines is 1. The third-order valence-electron chi connectivity index (χ3n) is 6.04. The minimum Gasteiger partial charge on any atom is -0.497 e. The number of benzene rings is 3. The number of ether oxygens (including phenoxy) is 1. The number of hydrogen-bond donors (Lipinski definition) is 0. The molecule has 5 heteroatoms. The van der Waals surface area contributed by atoms with Gasteiger partial charge in [-0.1, -0.05) is 35.9 Å². The second kappa shape index (κ2) is 9.27.